The highest BCUT2D eigenvalue weighted by molar-refractivity contribution is 6.08. The highest BCUT2D eigenvalue weighted by atomic mass is 19.1. The molecule has 2 aromatic rings. The summed E-state index contributed by atoms with van der Waals surface area (Å²) in [5.41, 5.74) is 0.161. The van der Waals surface area contributed by atoms with E-state index in [1.165, 1.54) is 12.1 Å². The Kier molecular flexibility index (Phi) is 3.68. The number of ether oxygens (including phenoxy) is 1. The number of benzene rings is 1. The van der Waals surface area contributed by atoms with Gasteiger partial charge in [0.2, 0.25) is 0 Å². The van der Waals surface area contributed by atoms with Crippen molar-refractivity contribution in [3.63, 3.8) is 0 Å². The Bertz CT molecular complexity index is 846. The minimum absolute atomic E-state index is 0.0136. The maximum absolute atomic E-state index is 14.0. The molecule has 1 aromatic heterocycles. The molecule has 0 bridgehead atoms. The second kappa shape index (κ2) is 5.66. The summed E-state index contributed by atoms with van der Waals surface area (Å²) in [6, 6.07) is 4.39. The molecular formula is C19H21FN2O3. The number of rotatable bonds is 2. The zero-order valence-corrected chi connectivity index (χ0v) is 14.3. The van der Waals surface area contributed by atoms with Gasteiger partial charge in [0.05, 0.1) is 23.9 Å². The Balaban J connectivity index is 1.75. The van der Waals surface area contributed by atoms with E-state index in [4.69, 9.17) is 4.74 Å². The van der Waals surface area contributed by atoms with E-state index < -0.39 is 5.82 Å². The molecule has 0 aliphatic carbocycles. The summed E-state index contributed by atoms with van der Waals surface area (Å²) in [6.07, 6.45) is 3.08. The van der Waals surface area contributed by atoms with Crippen LogP contribution in [0.5, 0.6) is 5.75 Å². The number of hydrogen-bond acceptors (Lipinski definition) is 4. The van der Waals surface area contributed by atoms with Gasteiger partial charge in [-0.05, 0) is 18.9 Å². The van der Waals surface area contributed by atoms with Crippen molar-refractivity contribution >= 4 is 16.8 Å². The van der Waals surface area contributed by atoms with Crippen molar-refractivity contribution in [2.45, 2.75) is 38.8 Å². The summed E-state index contributed by atoms with van der Waals surface area (Å²) >= 11 is 0. The van der Waals surface area contributed by atoms with Gasteiger partial charge >= 0.3 is 0 Å². The number of aromatic hydroxyl groups is 1. The van der Waals surface area contributed by atoms with Crippen molar-refractivity contribution < 1.29 is 19.0 Å². The van der Waals surface area contributed by atoms with Crippen LogP contribution in [0, 0.1) is 11.2 Å². The summed E-state index contributed by atoms with van der Waals surface area (Å²) < 4.78 is 19.8. The average Bonchev–Trinajstić information content (AvgIpc) is 3.06. The second-order valence-corrected chi connectivity index (χ2v) is 7.57. The number of hydrogen-bond donors (Lipinski definition) is 1. The molecular weight excluding hydrogens is 323 g/mol. The van der Waals surface area contributed by atoms with E-state index in [2.05, 4.69) is 18.8 Å². The summed E-state index contributed by atoms with van der Waals surface area (Å²) in [4.78, 5) is 18.9. The van der Waals surface area contributed by atoms with E-state index in [9.17, 15) is 14.3 Å². The molecule has 4 rings (SSSR count). The highest BCUT2D eigenvalue weighted by Gasteiger charge is 2.53. The highest BCUT2D eigenvalue weighted by Crippen LogP contribution is 2.44. The summed E-state index contributed by atoms with van der Waals surface area (Å²) in [5.74, 6) is -1.03. The number of fused-ring (bicyclic) bond motifs is 1. The van der Waals surface area contributed by atoms with E-state index in [1.54, 1.807) is 11.0 Å². The predicted molar refractivity (Wildman–Crippen MR) is 90.9 cm³/mol. The van der Waals surface area contributed by atoms with Crippen molar-refractivity contribution in [2.24, 2.45) is 5.41 Å². The van der Waals surface area contributed by atoms with Gasteiger partial charge in [0, 0.05) is 24.0 Å². The topological polar surface area (TPSA) is 62.7 Å². The molecule has 0 spiro atoms. The van der Waals surface area contributed by atoms with E-state index in [1.807, 2.05) is 0 Å². The minimum atomic E-state index is -0.508. The number of carbonyl (C=O) groups is 1. The lowest BCUT2D eigenvalue weighted by atomic mass is 9.71. The van der Waals surface area contributed by atoms with E-state index in [0.717, 1.165) is 19.0 Å². The molecule has 5 nitrogen and oxygen atoms in total. The summed E-state index contributed by atoms with van der Waals surface area (Å²) in [5, 5.41) is 10.6. The largest absolute Gasteiger partial charge is 0.505 e. The number of amides is 1. The second-order valence-electron chi connectivity index (χ2n) is 7.57. The zero-order chi connectivity index (χ0) is 17.8. The molecule has 2 fully saturated rings. The normalized spacial score (nSPS) is 25.2. The zero-order valence-electron chi connectivity index (χ0n) is 14.3. The number of nitrogens with zero attached hydrogens (tertiary/aromatic N) is 2. The molecule has 132 valence electrons. The van der Waals surface area contributed by atoms with Gasteiger partial charge in [-0.2, -0.15) is 0 Å². The molecule has 1 N–H and O–H groups in total. The number of para-hydroxylation sites is 1. The maximum Gasteiger partial charge on any atom is 0.258 e. The number of carbonyl (C=O) groups excluding carboxylic acids is 1. The SMILES string of the molecule is CC1(C)CN(C(=O)c2c(O)cnc3c(F)cccc23)C1C1CCCO1. The van der Waals surface area contributed by atoms with Gasteiger partial charge in [0.15, 0.2) is 0 Å². The van der Waals surface area contributed by atoms with Gasteiger partial charge in [-0.3, -0.25) is 4.79 Å². The number of pyridine rings is 1. The van der Waals surface area contributed by atoms with Crippen LogP contribution in [0.4, 0.5) is 4.39 Å². The first-order valence-corrected chi connectivity index (χ1v) is 8.59. The Hall–Kier alpha value is -2.21. The van der Waals surface area contributed by atoms with Crippen LogP contribution in [0.3, 0.4) is 0 Å². The first kappa shape index (κ1) is 16.3. The molecule has 2 saturated heterocycles. The molecule has 2 unspecified atom stereocenters. The lowest BCUT2D eigenvalue weighted by molar-refractivity contribution is -0.0961. The van der Waals surface area contributed by atoms with Gasteiger partial charge in [0.1, 0.15) is 17.1 Å². The van der Waals surface area contributed by atoms with Crippen molar-refractivity contribution in [1.82, 2.24) is 9.88 Å². The Morgan fingerprint density at radius 1 is 1.44 bits per heavy atom. The van der Waals surface area contributed by atoms with Crippen LogP contribution in [0.2, 0.25) is 0 Å². The lowest BCUT2D eigenvalue weighted by Gasteiger charge is -2.56. The molecule has 0 radical (unpaired) electrons. The van der Waals surface area contributed by atoms with E-state index in [0.29, 0.717) is 18.5 Å². The van der Waals surface area contributed by atoms with Gasteiger partial charge in [-0.25, -0.2) is 9.37 Å². The Morgan fingerprint density at radius 3 is 2.92 bits per heavy atom. The lowest BCUT2D eigenvalue weighted by Crippen LogP contribution is -2.68. The smallest absolute Gasteiger partial charge is 0.258 e. The first-order chi connectivity index (χ1) is 11.9. The first-order valence-electron chi connectivity index (χ1n) is 8.59. The third-order valence-electron chi connectivity index (χ3n) is 5.33. The predicted octanol–water partition coefficient (Wildman–Crippen LogP) is 3.11. The van der Waals surface area contributed by atoms with E-state index >= 15 is 0 Å². The van der Waals surface area contributed by atoms with Crippen LogP contribution in [-0.4, -0.2) is 46.2 Å². The van der Waals surface area contributed by atoms with Crippen LogP contribution in [0.25, 0.3) is 10.9 Å². The Morgan fingerprint density at radius 2 is 2.24 bits per heavy atom. The molecule has 3 heterocycles. The summed E-state index contributed by atoms with van der Waals surface area (Å²) in [6.45, 7) is 5.53. The molecule has 1 amide bonds. The van der Waals surface area contributed by atoms with Gasteiger partial charge in [-0.1, -0.05) is 26.0 Å². The van der Waals surface area contributed by atoms with Crippen molar-refractivity contribution in [3.05, 3.63) is 35.8 Å². The molecule has 0 saturated carbocycles. The fourth-order valence-electron chi connectivity index (χ4n) is 4.24. The quantitative estimate of drug-likeness (QED) is 0.909. The van der Waals surface area contributed by atoms with Gasteiger partial charge in [0.25, 0.3) is 5.91 Å². The molecule has 1 aromatic carbocycles. The van der Waals surface area contributed by atoms with Gasteiger partial charge < -0.3 is 14.7 Å². The maximum atomic E-state index is 14.0. The van der Waals surface area contributed by atoms with Gasteiger partial charge in [-0.15, -0.1) is 0 Å². The fourth-order valence-corrected chi connectivity index (χ4v) is 4.24. The molecule has 2 aliphatic rings. The number of likely N-dealkylation sites (tertiary alicyclic amines) is 1. The molecule has 6 heteroatoms. The molecule has 25 heavy (non-hydrogen) atoms. The summed E-state index contributed by atoms with van der Waals surface area (Å²) in [7, 11) is 0. The Labute approximate surface area is 145 Å². The minimum Gasteiger partial charge on any atom is -0.505 e. The number of halogens is 1. The van der Waals surface area contributed by atoms with Crippen molar-refractivity contribution in [3.8, 4) is 5.75 Å². The van der Waals surface area contributed by atoms with Crippen molar-refractivity contribution in [2.75, 3.05) is 13.2 Å². The van der Waals surface area contributed by atoms with Crippen LogP contribution in [0.1, 0.15) is 37.0 Å². The van der Waals surface area contributed by atoms with Crippen LogP contribution in [0.15, 0.2) is 24.4 Å². The third kappa shape index (κ3) is 2.47. The van der Waals surface area contributed by atoms with Crippen LogP contribution >= 0.6 is 0 Å². The van der Waals surface area contributed by atoms with Crippen molar-refractivity contribution in [1.29, 1.82) is 0 Å². The average molecular weight is 344 g/mol. The molecule has 2 atom stereocenters. The standard InChI is InChI=1S/C19H21FN2O3/c1-19(2)10-22(17(19)14-7-4-8-25-14)18(24)15-11-5-3-6-12(20)16(11)21-9-13(15)23/h3,5-6,9,14,17,23H,4,7-8,10H2,1-2H3. The van der Waals surface area contributed by atoms with E-state index in [-0.39, 0.29) is 40.3 Å². The fraction of sp³-hybridized carbons (Fsp3) is 0.474. The molecule has 2 aliphatic heterocycles. The monoisotopic (exact) mass is 344 g/mol. The van der Waals surface area contributed by atoms with Crippen LogP contribution < -0.4 is 0 Å². The third-order valence-corrected chi connectivity index (χ3v) is 5.33. The van der Waals surface area contributed by atoms with Crippen LogP contribution in [-0.2, 0) is 4.74 Å². The number of aromatic nitrogens is 1.